The lowest BCUT2D eigenvalue weighted by Crippen LogP contribution is -2.37. The predicted octanol–water partition coefficient (Wildman–Crippen LogP) is 2.93. The first kappa shape index (κ1) is 24.4. The molecule has 0 aliphatic carbocycles. The lowest BCUT2D eigenvalue weighted by atomic mass is 10.0. The zero-order valence-corrected chi connectivity index (χ0v) is 18.7. The van der Waals surface area contributed by atoms with Gasteiger partial charge in [-0.25, -0.2) is 8.42 Å². The van der Waals surface area contributed by atoms with Gasteiger partial charge in [0.15, 0.2) is 9.84 Å². The second-order valence-electron chi connectivity index (χ2n) is 7.26. The summed E-state index contributed by atoms with van der Waals surface area (Å²) in [6.45, 7) is 0.331. The maximum atomic E-state index is 12.4. The summed E-state index contributed by atoms with van der Waals surface area (Å²) in [6.07, 6.45) is 3.31. The van der Waals surface area contributed by atoms with Gasteiger partial charge >= 0.3 is 5.97 Å². The first-order valence-corrected chi connectivity index (χ1v) is 12.0. The molecule has 8 heteroatoms. The Morgan fingerprint density at radius 1 is 1.00 bits per heavy atom. The first-order chi connectivity index (χ1) is 14.8. The molecule has 0 radical (unpaired) electrons. The summed E-state index contributed by atoms with van der Waals surface area (Å²) in [4.78, 5) is 24.1. The molecule has 168 valence electrons. The van der Waals surface area contributed by atoms with E-state index >= 15 is 0 Å². The number of methoxy groups -OCH3 is 1. The van der Waals surface area contributed by atoms with Gasteiger partial charge in [-0.15, -0.1) is 0 Å². The van der Waals surface area contributed by atoms with Crippen LogP contribution >= 0.6 is 0 Å². The van der Waals surface area contributed by atoms with Gasteiger partial charge < -0.3 is 14.8 Å². The molecule has 1 atom stereocenters. The van der Waals surface area contributed by atoms with Crippen molar-refractivity contribution in [3.8, 4) is 5.75 Å². The quantitative estimate of drug-likeness (QED) is 0.397. The summed E-state index contributed by atoms with van der Waals surface area (Å²) in [7, 11) is -1.89. The Labute approximate surface area is 183 Å². The molecule has 0 aliphatic heterocycles. The zero-order chi connectivity index (χ0) is 22.7. The van der Waals surface area contributed by atoms with Crippen LogP contribution < -0.4 is 10.1 Å². The van der Waals surface area contributed by atoms with E-state index in [4.69, 9.17) is 9.47 Å². The molecule has 7 nitrogen and oxygen atoms in total. The van der Waals surface area contributed by atoms with Crippen molar-refractivity contribution in [2.24, 2.45) is 0 Å². The smallest absolute Gasteiger partial charge is 0.305 e. The summed E-state index contributed by atoms with van der Waals surface area (Å²) in [5.41, 5.74) is 1.08. The average molecular weight is 448 g/mol. The third-order valence-corrected chi connectivity index (χ3v) is 5.81. The summed E-state index contributed by atoms with van der Waals surface area (Å²) in [5, 5.41) is 3.00. The lowest BCUT2D eigenvalue weighted by Gasteiger charge is -2.18. The number of sulfone groups is 1. The Kier molecular flexibility index (Phi) is 9.52. The van der Waals surface area contributed by atoms with Gasteiger partial charge in [0.1, 0.15) is 5.75 Å². The van der Waals surface area contributed by atoms with Crippen molar-refractivity contribution in [3.63, 3.8) is 0 Å². The van der Waals surface area contributed by atoms with Gasteiger partial charge in [0.05, 0.1) is 18.6 Å². The summed E-state index contributed by atoms with van der Waals surface area (Å²) < 4.78 is 33.2. The molecule has 31 heavy (non-hydrogen) atoms. The number of hydrogen-bond acceptors (Lipinski definition) is 6. The molecule has 1 amide bonds. The molecule has 0 saturated carbocycles. The molecule has 0 bridgehead atoms. The number of amides is 1. The van der Waals surface area contributed by atoms with E-state index in [0.717, 1.165) is 11.8 Å². The van der Waals surface area contributed by atoms with Gasteiger partial charge in [0.2, 0.25) is 5.91 Å². The molecule has 0 fully saturated rings. The van der Waals surface area contributed by atoms with Crippen LogP contribution in [0.5, 0.6) is 5.75 Å². The Morgan fingerprint density at radius 3 is 2.29 bits per heavy atom. The molecule has 0 unspecified atom stereocenters. The van der Waals surface area contributed by atoms with Crippen molar-refractivity contribution in [1.29, 1.82) is 0 Å². The maximum absolute atomic E-state index is 12.4. The number of rotatable bonds is 12. The SMILES string of the molecule is COC(=O)CC[C@@H](Cc1ccccc1)NC(=O)CCCOc1ccc(S(C)(=O)=O)cc1. The Hall–Kier alpha value is -2.87. The highest BCUT2D eigenvalue weighted by atomic mass is 32.2. The minimum atomic E-state index is -3.24. The van der Waals surface area contributed by atoms with Gasteiger partial charge in [-0.05, 0) is 49.1 Å². The number of carbonyl (C=O) groups is 2. The molecule has 0 heterocycles. The number of esters is 1. The fraction of sp³-hybridized carbons (Fsp3) is 0.391. The van der Waals surface area contributed by atoms with Crippen molar-refractivity contribution in [2.75, 3.05) is 20.0 Å². The second kappa shape index (κ2) is 12.1. The van der Waals surface area contributed by atoms with E-state index in [2.05, 4.69) is 5.32 Å². The van der Waals surface area contributed by atoms with Crippen LogP contribution in [0.15, 0.2) is 59.5 Å². The van der Waals surface area contributed by atoms with Gasteiger partial charge in [0, 0.05) is 25.1 Å². The number of ether oxygens (including phenoxy) is 2. The average Bonchev–Trinajstić information content (AvgIpc) is 2.75. The van der Waals surface area contributed by atoms with E-state index in [1.54, 1.807) is 12.1 Å². The van der Waals surface area contributed by atoms with Crippen LogP contribution in [0, 0.1) is 0 Å². The largest absolute Gasteiger partial charge is 0.494 e. The molecular formula is C23H29NO6S. The standard InChI is InChI=1S/C23H29NO6S/c1-29-23(26)15-10-19(17-18-7-4-3-5-8-18)24-22(25)9-6-16-30-20-11-13-21(14-12-20)31(2,27)28/h3-5,7-8,11-14,19H,6,9-10,15-17H2,1-2H3,(H,24,25)/t19-/m0/s1. The third-order valence-electron chi connectivity index (χ3n) is 4.68. The van der Waals surface area contributed by atoms with E-state index in [1.165, 1.54) is 19.2 Å². The Bertz CT molecular complexity index is 942. The molecule has 2 aromatic rings. The molecule has 0 aromatic heterocycles. The number of benzene rings is 2. The van der Waals surface area contributed by atoms with E-state index in [9.17, 15) is 18.0 Å². The van der Waals surface area contributed by atoms with E-state index < -0.39 is 9.84 Å². The summed E-state index contributed by atoms with van der Waals surface area (Å²) in [6, 6.07) is 15.8. The van der Waals surface area contributed by atoms with Crippen molar-refractivity contribution in [3.05, 3.63) is 60.2 Å². The highest BCUT2D eigenvalue weighted by Crippen LogP contribution is 2.16. The van der Waals surface area contributed by atoms with Gasteiger partial charge in [-0.3, -0.25) is 9.59 Å². The van der Waals surface area contributed by atoms with Crippen molar-refractivity contribution in [1.82, 2.24) is 5.32 Å². The minimum Gasteiger partial charge on any atom is -0.494 e. The van der Waals surface area contributed by atoms with Crippen molar-refractivity contribution >= 4 is 21.7 Å². The highest BCUT2D eigenvalue weighted by molar-refractivity contribution is 7.90. The summed E-state index contributed by atoms with van der Waals surface area (Å²) >= 11 is 0. The zero-order valence-electron chi connectivity index (χ0n) is 17.9. The number of carbonyl (C=O) groups excluding carboxylic acids is 2. The van der Waals surface area contributed by atoms with Crippen LogP contribution in [0.1, 0.15) is 31.2 Å². The molecule has 2 rings (SSSR count). The van der Waals surface area contributed by atoms with E-state index in [1.807, 2.05) is 30.3 Å². The Balaban J connectivity index is 1.79. The monoisotopic (exact) mass is 447 g/mol. The van der Waals surface area contributed by atoms with Crippen LogP contribution in [0.25, 0.3) is 0 Å². The Morgan fingerprint density at radius 2 is 1.68 bits per heavy atom. The molecule has 0 saturated heterocycles. The van der Waals surface area contributed by atoms with Crippen LogP contribution in [0.3, 0.4) is 0 Å². The van der Waals surface area contributed by atoms with E-state index in [-0.39, 0.29) is 35.7 Å². The lowest BCUT2D eigenvalue weighted by molar-refractivity contribution is -0.141. The van der Waals surface area contributed by atoms with Crippen LogP contribution in [0.4, 0.5) is 0 Å². The van der Waals surface area contributed by atoms with Crippen molar-refractivity contribution < 1.29 is 27.5 Å². The van der Waals surface area contributed by atoms with Gasteiger partial charge in [-0.2, -0.15) is 0 Å². The predicted molar refractivity (Wildman–Crippen MR) is 118 cm³/mol. The fourth-order valence-electron chi connectivity index (χ4n) is 3.02. The first-order valence-electron chi connectivity index (χ1n) is 10.1. The second-order valence-corrected chi connectivity index (χ2v) is 9.28. The van der Waals surface area contributed by atoms with Gasteiger partial charge in [-0.1, -0.05) is 30.3 Å². The van der Waals surface area contributed by atoms with Crippen LogP contribution in [-0.4, -0.2) is 46.3 Å². The molecule has 0 aliphatic rings. The van der Waals surface area contributed by atoms with Crippen LogP contribution in [0.2, 0.25) is 0 Å². The van der Waals surface area contributed by atoms with Gasteiger partial charge in [0.25, 0.3) is 0 Å². The number of nitrogens with one attached hydrogen (secondary N) is 1. The minimum absolute atomic E-state index is 0.109. The maximum Gasteiger partial charge on any atom is 0.305 e. The van der Waals surface area contributed by atoms with Crippen LogP contribution in [-0.2, 0) is 30.6 Å². The molecule has 0 spiro atoms. The topological polar surface area (TPSA) is 98.8 Å². The fourth-order valence-corrected chi connectivity index (χ4v) is 3.65. The number of hydrogen-bond donors (Lipinski definition) is 1. The third kappa shape index (κ3) is 9.21. The molecule has 1 N–H and O–H groups in total. The highest BCUT2D eigenvalue weighted by Gasteiger charge is 2.15. The molecular weight excluding hydrogens is 418 g/mol. The van der Waals surface area contributed by atoms with E-state index in [0.29, 0.717) is 31.6 Å². The normalized spacial score (nSPS) is 12.1. The molecule has 2 aromatic carbocycles. The van der Waals surface area contributed by atoms with Crippen molar-refractivity contribution in [2.45, 2.75) is 43.0 Å². The summed E-state index contributed by atoms with van der Waals surface area (Å²) in [5.74, 6) is 0.136.